The summed E-state index contributed by atoms with van der Waals surface area (Å²) in [7, 11) is 0. The van der Waals surface area contributed by atoms with Crippen LogP contribution in [0.25, 0.3) is 0 Å². The van der Waals surface area contributed by atoms with E-state index in [1.165, 1.54) is 0 Å². The zero-order chi connectivity index (χ0) is 23.6. The van der Waals surface area contributed by atoms with E-state index < -0.39 is 30.2 Å². The summed E-state index contributed by atoms with van der Waals surface area (Å²) in [5, 5.41) is 9.87. The molecule has 0 bridgehead atoms. The van der Waals surface area contributed by atoms with Crippen LogP contribution in [0.3, 0.4) is 0 Å². The molecule has 3 aromatic rings. The summed E-state index contributed by atoms with van der Waals surface area (Å²) in [5.41, 5.74) is 3.02. The maximum atomic E-state index is 12.1. The first kappa shape index (κ1) is 24.1. The third-order valence-electron chi connectivity index (χ3n) is 5.86. The molecule has 0 aromatic heterocycles. The van der Waals surface area contributed by atoms with E-state index in [-0.39, 0.29) is 19.8 Å². The lowest BCUT2D eigenvalue weighted by Crippen LogP contribution is -2.56. The Kier molecular flexibility index (Phi) is 8.82. The molecule has 3 aromatic carbocycles. The second-order valence-electron chi connectivity index (χ2n) is 8.34. The van der Waals surface area contributed by atoms with Gasteiger partial charge in [-0.15, -0.1) is 0 Å². The predicted octanol–water partition coefficient (Wildman–Crippen LogP) is 4.47. The van der Waals surface area contributed by atoms with Crippen LogP contribution >= 0.6 is 0 Å². The van der Waals surface area contributed by atoms with Gasteiger partial charge in [-0.2, -0.15) is 0 Å². The van der Waals surface area contributed by atoms with E-state index >= 15 is 0 Å². The van der Waals surface area contributed by atoms with E-state index in [0.29, 0.717) is 13.2 Å². The third kappa shape index (κ3) is 6.74. The lowest BCUT2D eigenvalue weighted by Gasteiger charge is -2.40. The smallest absolute Gasteiger partial charge is 0.311 e. The summed E-state index contributed by atoms with van der Waals surface area (Å²) in [6, 6.07) is 29.4. The van der Waals surface area contributed by atoms with Crippen molar-refractivity contribution in [3.05, 3.63) is 108 Å². The van der Waals surface area contributed by atoms with Gasteiger partial charge in [0.15, 0.2) is 0 Å². The monoisotopic (exact) mass is 462 g/mol. The van der Waals surface area contributed by atoms with E-state index in [0.717, 1.165) is 16.7 Å². The van der Waals surface area contributed by atoms with Gasteiger partial charge in [0.2, 0.25) is 0 Å². The van der Waals surface area contributed by atoms with Gasteiger partial charge in [0, 0.05) is 0 Å². The molecule has 1 aliphatic rings. The first-order valence-corrected chi connectivity index (χ1v) is 11.5. The quantitative estimate of drug-likeness (QED) is 0.453. The van der Waals surface area contributed by atoms with Crippen LogP contribution in [0.2, 0.25) is 0 Å². The summed E-state index contributed by atoms with van der Waals surface area (Å²) >= 11 is 0. The molecule has 34 heavy (non-hydrogen) atoms. The van der Waals surface area contributed by atoms with Crippen molar-refractivity contribution in [3.63, 3.8) is 0 Å². The average Bonchev–Trinajstić information content (AvgIpc) is 2.88. The minimum Gasteiger partial charge on any atom is -0.481 e. The second kappa shape index (κ2) is 12.4. The molecule has 0 aliphatic carbocycles. The maximum absolute atomic E-state index is 12.1. The Bertz CT molecular complexity index is 995. The van der Waals surface area contributed by atoms with Gasteiger partial charge in [0.05, 0.1) is 33.0 Å². The number of hydrogen-bond donors (Lipinski definition) is 1. The highest BCUT2D eigenvalue weighted by molar-refractivity contribution is 5.71. The zero-order valence-electron chi connectivity index (χ0n) is 19.0. The molecule has 1 aliphatic heterocycles. The Morgan fingerprint density at radius 3 is 1.71 bits per heavy atom. The Balaban J connectivity index is 1.48. The Hall–Kier alpha value is -3.03. The Morgan fingerprint density at radius 2 is 1.21 bits per heavy atom. The van der Waals surface area contributed by atoms with E-state index in [1.807, 2.05) is 91.0 Å². The number of carbonyl (C=O) groups is 1. The van der Waals surface area contributed by atoms with Crippen molar-refractivity contribution in [2.24, 2.45) is 5.92 Å². The molecule has 4 rings (SSSR count). The number of aliphatic carboxylic acids is 1. The third-order valence-corrected chi connectivity index (χ3v) is 5.86. The van der Waals surface area contributed by atoms with Gasteiger partial charge in [-0.25, -0.2) is 0 Å². The van der Waals surface area contributed by atoms with Gasteiger partial charge in [-0.1, -0.05) is 91.0 Å². The van der Waals surface area contributed by atoms with E-state index in [1.54, 1.807) is 0 Å². The fourth-order valence-electron chi connectivity index (χ4n) is 4.03. The topological polar surface area (TPSA) is 74.2 Å². The van der Waals surface area contributed by atoms with Crippen LogP contribution in [0.1, 0.15) is 16.7 Å². The summed E-state index contributed by atoms with van der Waals surface area (Å²) in [4.78, 5) is 12.1. The zero-order valence-corrected chi connectivity index (χ0v) is 19.0. The summed E-state index contributed by atoms with van der Waals surface area (Å²) in [6.07, 6.45) is -1.74. The molecule has 1 N–H and O–H groups in total. The first-order valence-electron chi connectivity index (χ1n) is 11.5. The Labute approximate surface area is 200 Å². The highest BCUT2D eigenvalue weighted by Crippen LogP contribution is 2.28. The molecule has 0 spiro atoms. The largest absolute Gasteiger partial charge is 0.481 e. The van der Waals surface area contributed by atoms with Crippen LogP contribution in [0.5, 0.6) is 0 Å². The standard InChI is InChI=1S/C28H30O6/c29-28(30)24-19-32-25(20-31-16-21-10-4-1-5-11-21)27(34-18-23-14-8-3-9-15-23)26(24)33-17-22-12-6-2-7-13-22/h1-15,24-27H,16-20H2,(H,29,30)/t24-,25-,26-,27+/m1/s1. The van der Waals surface area contributed by atoms with Gasteiger partial charge in [0.25, 0.3) is 0 Å². The molecular weight excluding hydrogens is 432 g/mol. The second-order valence-corrected chi connectivity index (χ2v) is 8.34. The lowest BCUT2D eigenvalue weighted by molar-refractivity contribution is -0.223. The normalized spacial score (nSPS) is 22.4. The van der Waals surface area contributed by atoms with E-state index in [4.69, 9.17) is 18.9 Å². The number of ether oxygens (including phenoxy) is 4. The fourth-order valence-corrected chi connectivity index (χ4v) is 4.03. The van der Waals surface area contributed by atoms with Crippen LogP contribution in [-0.2, 0) is 43.6 Å². The molecule has 178 valence electrons. The van der Waals surface area contributed by atoms with Crippen LogP contribution < -0.4 is 0 Å². The fraction of sp³-hybridized carbons (Fsp3) is 0.321. The molecule has 1 fully saturated rings. The van der Waals surface area contributed by atoms with Gasteiger partial charge in [0.1, 0.15) is 24.2 Å². The van der Waals surface area contributed by atoms with E-state index in [9.17, 15) is 9.90 Å². The maximum Gasteiger partial charge on any atom is 0.311 e. The summed E-state index contributed by atoms with van der Waals surface area (Å²) in [6.45, 7) is 1.36. The number of hydrogen-bond acceptors (Lipinski definition) is 5. The van der Waals surface area contributed by atoms with Crippen molar-refractivity contribution in [2.75, 3.05) is 13.2 Å². The van der Waals surface area contributed by atoms with Crippen LogP contribution in [0.15, 0.2) is 91.0 Å². The molecule has 4 atom stereocenters. The van der Waals surface area contributed by atoms with Crippen molar-refractivity contribution in [2.45, 2.75) is 38.1 Å². The Morgan fingerprint density at radius 1 is 0.735 bits per heavy atom. The first-order chi connectivity index (χ1) is 16.7. The van der Waals surface area contributed by atoms with Gasteiger partial charge < -0.3 is 24.1 Å². The van der Waals surface area contributed by atoms with Gasteiger partial charge >= 0.3 is 5.97 Å². The molecule has 6 heteroatoms. The van der Waals surface area contributed by atoms with Crippen LogP contribution in [0.4, 0.5) is 0 Å². The molecule has 6 nitrogen and oxygen atoms in total. The number of rotatable bonds is 11. The lowest BCUT2D eigenvalue weighted by atomic mass is 9.91. The molecule has 0 unspecified atom stereocenters. The van der Waals surface area contributed by atoms with Gasteiger partial charge in [-0.05, 0) is 16.7 Å². The number of benzene rings is 3. The highest BCUT2D eigenvalue weighted by Gasteiger charge is 2.45. The minimum absolute atomic E-state index is 0.0410. The van der Waals surface area contributed by atoms with Crippen molar-refractivity contribution < 1.29 is 28.8 Å². The molecule has 0 radical (unpaired) electrons. The van der Waals surface area contributed by atoms with Gasteiger partial charge in [-0.3, -0.25) is 4.79 Å². The van der Waals surface area contributed by atoms with E-state index in [2.05, 4.69) is 0 Å². The van der Waals surface area contributed by atoms with Crippen molar-refractivity contribution in [1.82, 2.24) is 0 Å². The molecule has 1 heterocycles. The van der Waals surface area contributed by atoms with Crippen molar-refractivity contribution in [1.29, 1.82) is 0 Å². The number of carboxylic acids is 1. The molecular formula is C28H30O6. The summed E-state index contributed by atoms with van der Waals surface area (Å²) in [5.74, 6) is -1.80. The molecule has 1 saturated heterocycles. The van der Waals surface area contributed by atoms with Crippen LogP contribution in [-0.4, -0.2) is 42.6 Å². The SMILES string of the molecule is O=C(O)[C@@H]1CO[C@H](COCc2ccccc2)[C@H](OCc2ccccc2)[C@@H]1OCc1ccccc1. The molecule has 0 saturated carbocycles. The average molecular weight is 463 g/mol. The number of carboxylic acid groups (broad SMARTS) is 1. The van der Waals surface area contributed by atoms with Crippen molar-refractivity contribution >= 4 is 5.97 Å². The minimum atomic E-state index is -0.963. The predicted molar refractivity (Wildman–Crippen MR) is 127 cm³/mol. The summed E-state index contributed by atoms with van der Waals surface area (Å²) < 4.78 is 24.4. The molecule has 0 amide bonds. The van der Waals surface area contributed by atoms with Crippen LogP contribution in [0, 0.1) is 5.92 Å². The highest BCUT2D eigenvalue weighted by atomic mass is 16.6. The van der Waals surface area contributed by atoms with Crippen molar-refractivity contribution in [3.8, 4) is 0 Å².